The third-order valence-corrected chi connectivity index (χ3v) is 3.33. The second-order valence-corrected chi connectivity index (χ2v) is 4.89. The first-order chi connectivity index (χ1) is 11.7. The number of rotatable bonds is 5. The summed E-state index contributed by atoms with van der Waals surface area (Å²) in [6.45, 7) is 0.101. The molecule has 0 aliphatic heterocycles. The highest BCUT2D eigenvalue weighted by Gasteiger charge is 2.10. The van der Waals surface area contributed by atoms with Gasteiger partial charge in [0.1, 0.15) is 5.82 Å². The van der Waals surface area contributed by atoms with Crippen LogP contribution < -0.4 is 9.47 Å². The molecule has 0 N–H and O–H groups in total. The summed E-state index contributed by atoms with van der Waals surface area (Å²) in [6.07, 6.45) is 1.56. The lowest BCUT2D eigenvalue weighted by Crippen LogP contribution is -1.98. The number of methoxy groups -OCH3 is 1. The lowest BCUT2D eigenvalue weighted by atomic mass is 10.2. The molecule has 0 unspecified atom stereocenters. The quantitative estimate of drug-likeness (QED) is 0.711. The number of oxazole rings is 1. The highest BCUT2D eigenvalue weighted by Crippen LogP contribution is 2.29. The molecule has 0 saturated heterocycles. The topological polar surface area (TPSA) is 68.3 Å². The Morgan fingerprint density at radius 1 is 1.17 bits per heavy atom. The van der Waals surface area contributed by atoms with Crippen LogP contribution >= 0.6 is 0 Å². The van der Waals surface area contributed by atoms with Gasteiger partial charge in [0.15, 0.2) is 23.9 Å². The number of ether oxygens (including phenoxy) is 2. The smallest absolute Gasteiger partial charge is 0.232 e. The Labute approximate surface area is 137 Å². The molecule has 0 atom stereocenters. The van der Waals surface area contributed by atoms with Gasteiger partial charge in [0.25, 0.3) is 0 Å². The molecular formula is C18H13FN2O3. The van der Waals surface area contributed by atoms with E-state index in [0.717, 1.165) is 5.56 Å². The number of nitriles is 1. The molecule has 0 saturated carbocycles. The van der Waals surface area contributed by atoms with E-state index in [1.807, 2.05) is 6.07 Å². The number of aromatic nitrogens is 1. The SMILES string of the molecule is COc1cc(C#N)ccc1OCc1ncc(-c2ccc(F)cc2)o1. The van der Waals surface area contributed by atoms with Crippen molar-refractivity contribution in [3.05, 3.63) is 65.9 Å². The lowest BCUT2D eigenvalue weighted by molar-refractivity contribution is 0.251. The van der Waals surface area contributed by atoms with Crippen molar-refractivity contribution in [2.24, 2.45) is 0 Å². The maximum atomic E-state index is 12.9. The van der Waals surface area contributed by atoms with Crippen LogP contribution in [-0.2, 0) is 6.61 Å². The standard InChI is InChI=1S/C18H13FN2O3/c1-22-16-8-12(9-20)2-7-15(16)23-11-18-21-10-17(24-18)13-3-5-14(19)6-4-13/h2-8,10H,11H2,1H3. The van der Waals surface area contributed by atoms with Gasteiger partial charge >= 0.3 is 0 Å². The molecular weight excluding hydrogens is 311 g/mol. The van der Waals surface area contributed by atoms with E-state index in [2.05, 4.69) is 4.98 Å². The fourth-order valence-electron chi connectivity index (χ4n) is 2.12. The van der Waals surface area contributed by atoms with Crippen molar-refractivity contribution in [1.82, 2.24) is 4.98 Å². The Kier molecular flexibility index (Phi) is 4.43. The first kappa shape index (κ1) is 15.6. The molecule has 0 radical (unpaired) electrons. The normalized spacial score (nSPS) is 10.2. The molecule has 0 amide bonds. The van der Waals surface area contributed by atoms with Crippen LogP contribution in [0.4, 0.5) is 4.39 Å². The molecule has 2 aromatic carbocycles. The fourth-order valence-corrected chi connectivity index (χ4v) is 2.12. The van der Waals surface area contributed by atoms with Gasteiger partial charge in [0.05, 0.1) is 24.9 Å². The van der Waals surface area contributed by atoms with Crippen molar-refractivity contribution in [1.29, 1.82) is 5.26 Å². The van der Waals surface area contributed by atoms with Crippen LogP contribution in [0, 0.1) is 17.1 Å². The second kappa shape index (κ2) is 6.84. The zero-order valence-electron chi connectivity index (χ0n) is 12.8. The summed E-state index contributed by atoms with van der Waals surface area (Å²) in [5.41, 5.74) is 1.21. The van der Waals surface area contributed by atoms with E-state index in [0.29, 0.717) is 28.7 Å². The van der Waals surface area contributed by atoms with Crippen molar-refractivity contribution in [2.75, 3.05) is 7.11 Å². The third kappa shape index (κ3) is 3.36. The van der Waals surface area contributed by atoms with Crippen molar-refractivity contribution in [3.63, 3.8) is 0 Å². The average molecular weight is 324 g/mol. The summed E-state index contributed by atoms with van der Waals surface area (Å²) in [4.78, 5) is 4.14. The molecule has 0 aliphatic rings. The van der Waals surface area contributed by atoms with Crippen LogP contribution in [0.5, 0.6) is 11.5 Å². The van der Waals surface area contributed by atoms with Crippen LogP contribution in [0.2, 0.25) is 0 Å². The Hall–Kier alpha value is -3.33. The maximum absolute atomic E-state index is 12.9. The largest absolute Gasteiger partial charge is 0.493 e. The minimum Gasteiger partial charge on any atom is -0.493 e. The van der Waals surface area contributed by atoms with E-state index in [-0.39, 0.29) is 12.4 Å². The van der Waals surface area contributed by atoms with E-state index in [4.69, 9.17) is 19.2 Å². The van der Waals surface area contributed by atoms with Gasteiger partial charge in [-0.15, -0.1) is 0 Å². The van der Waals surface area contributed by atoms with Crippen LogP contribution in [0.15, 0.2) is 53.1 Å². The fraction of sp³-hybridized carbons (Fsp3) is 0.111. The molecule has 6 heteroatoms. The number of hydrogen-bond acceptors (Lipinski definition) is 5. The van der Waals surface area contributed by atoms with E-state index >= 15 is 0 Å². The Balaban J connectivity index is 1.72. The van der Waals surface area contributed by atoms with Gasteiger partial charge in [-0.2, -0.15) is 5.26 Å². The van der Waals surface area contributed by atoms with Gasteiger partial charge in [-0.1, -0.05) is 0 Å². The van der Waals surface area contributed by atoms with Gasteiger partial charge in [-0.05, 0) is 36.4 Å². The molecule has 1 heterocycles. The van der Waals surface area contributed by atoms with Crippen molar-refractivity contribution in [3.8, 4) is 28.9 Å². The monoisotopic (exact) mass is 324 g/mol. The van der Waals surface area contributed by atoms with Gasteiger partial charge in [0, 0.05) is 11.6 Å². The van der Waals surface area contributed by atoms with Crippen LogP contribution in [0.25, 0.3) is 11.3 Å². The first-order valence-electron chi connectivity index (χ1n) is 7.11. The summed E-state index contributed by atoms with van der Waals surface area (Å²) in [5, 5.41) is 8.89. The Bertz CT molecular complexity index is 882. The second-order valence-electron chi connectivity index (χ2n) is 4.89. The molecule has 0 spiro atoms. The molecule has 0 aliphatic carbocycles. The molecule has 120 valence electrons. The Morgan fingerprint density at radius 3 is 2.67 bits per heavy atom. The zero-order chi connectivity index (χ0) is 16.9. The van der Waals surface area contributed by atoms with Crippen LogP contribution in [0.1, 0.15) is 11.5 Å². The van der Waals surface area contributed by atoms with Crippen molar-refractivity contribution in [2.45, 2.75) is 6.61 Å². The highest BCUT2D eigenvalue weighted by molar-refractivity contribution is 5.55. The number of hydrogen-bond donors (Lipinski definition) is 0. The predicted octanol–water partition coefficient (Wildman–Crippen LogP) is 3.94. The van der Waals surface area contributed by atoms with E-state index in [1.165, 1.54) is 19.2 Å². The van der Waals surface area contributed by atoms with Gasteiger partial charge in [-0.25, -0.2) is 9.37 Å². The first-order valence-corrected chi connectivity index (χ1v) is 7.11. The van der Waals surface area contributed by atoms with Crippen LogP contribution in [0.3, 0.4) is 0 Å². The summed E-state index contributed by atoms with van der Waals surface area (Å²) in [7, 11) is 1.50. The van der Waals surface area contributed by atoms with E-state index < -0.39 is 0 Å². The summed E-state index contributed by atoms with van der Waals surface area (Å²) in [6, 6.07) is 12.9. The van der Waals surface area contributed by atoms with E-state index in [9.17, 15) is 4.39 Å². The third-order valence-electron chi connectivity index (χ3n) is 3.33. The molecule has 5 nitrogen and oxygen atoms in total. The summed E-state index contributed by atoms with van der Waals surface area (Å²) < 4.78 is 29.4. The molecule has 0 bridgehead atoms. The molecule has 24 heavy (non-hydrogen) atoms. The van der Waals surface area contributed by atoms with Crippen molar-refractivity contribution >= 4 is 0 Å². The van der Waals surface area contributed by atoms with Crippen molar-refractivity contribution < 1.29 is 18.3 Å². The molecule has 1 aromatic heterocycles. The number of halogens is 1. The predicted molar refractivity (Wildman–Crippen MR) is 83.9 cm³/mol. The Morgan fingerprint density at radius 2 is 1.96 bits per heavy atom. The van der Waals surface area contributed by atoms with Crippen LogP contribution in [-0.4, -0.2) is 12.1 Å². The molecule has 3 rings (SSSR count). The minimum atomic E-state index is -0.310. The minimum absolute atomic E-state index is 0.101. The van der Waals surface area contributed by atoms with Gasteiger partial charge in [0.2, 0.25) is 5.89 Å². The highest BCUT2D eigenvalue weighted by atomic mass is 19.1. The lowest BCUT2D eigenvalue weighted by Gasteiger charge is -2.09. The van der Waals surface area contributed by atoms with Gasteiger partial charge < -0.3 is 13.9 Å². The summed E-state index contributed by atoms with van der Waals surface area (Å²) >= 11 is 0. The summed E-state index contributed by atoms with van der Waals surface area (Å²) in [5.74, 6) is 1.54. The molecule has 3 aromatic rings. The van der Waals surface area contributed by atoms with Gasteiger partial charge in [-0.3, -0.25) is 0 Å². The molecule has 0 fully saturated rings. The maximum Gasteiger partial charge on any atom is 0.232 e. The zero-order valence-corrected chi connectivity index (χ0v) is 12.8. The van der Waals surface area contributed by atoms with E-state index in [1.54, 1.807) is 36.5 Å². The number of benzene rings is 2. The average Bonchev–Trinajstić information content (AvgIpc) is 3.09. The number of nitrogens with zero attached hydrogens (tertiary/aromatic N) is 2.